The van der Waals surface area contributed by atoms with Crippen LogP contribution >= 0.6 is 23.1 Å². The lowest BCUT2D eigenvalue weighted by atomic mass is 10.2. The van der Waals surface area contributed by atoms with Crippen molar-refractivity contribution in [3.05, 3.63) is 59.1 Å². The lowest BCUT2D eigenvalue weighted by Gasteiger charge is -2.11. The van der Waals surface area contributed by atoms with E-state index in [-0.39, 0.29) is 22.8 Å². The van der Waals surface area contributed by atoms with Crippen molar-refractivity contribution in [3.8, 4) is 0 Å². The van der Waals surface area contributed by atoms with Gasteiger partial charge in [0.15, 0.2) is 0 Å². The van der Waals surface area contributed by atoms with Crippen LogP contribution in [0.3, 0.4) is 0 Å². The fourth-order valence-electron chi connectivity index (χ4n) is 2.41. The molecule has 0 aliphatic carbocycles. The first-order valence-electron chi connectivity index (χ1n) is 8.61. The smallest absolute Gasteiger partial charge is 0.234 e. The number of carbonyl (C=O) groups is 2. The average molecular weight is 400 g/mol. The predicted molar refractivity (Wildman–Crippen MR) is 113 cm³/mol. The molecule has 0 saturated heterocycles. The van der Waals surface area contributed by atoms with Crippen LogP contribution in [0.4, 0.5) is 5.69 Å². The van der Waals surface area contributed by atoms with Gasteiger partial charge < -0.3 is 10.6 Å². The highest BCUT2D eigenvalue weighted by atomic mass is 32.2. The van der Waals surface area contributed by atoms with E-state index in [1.165, 1.54) is 11.8 Å². The Bertz CT molecular complexity index is 905. The highest BCUT2D eigenvalue weighted by molar-refractivity contribution is 8.01. The highest BCUT2D eigenvalue weighted by Gasteiger charge is 2.16. The summed E-state index contributed by atoms with van der Waals surface area (Å²) >= 11 is 2.89. The van der Waals surface area contributed by atoms with E-state index < -0.39 is 0 Å². The Hall–Kier alpha value is -2.38. The van der Waals surface area contributed by atoms with E-state index in [1.807, 2.05) is 55.5 Å². The molecule has 1 heterocycles. The van der Waals surface area contributed by atoms with Crippen LogP contribution in [0.25, 0.3) is 10.2 Å². The summed E-state index contributed by atoms with van der Waals surface area (Å²) in [4.78, 5) is 28.8. The van der Waals surface area contributed by atoms with Gasteiger partial charge in [0.1, 0.15) is 5.01 Å². The molecular weight excluding hydrogens is 378 g/mol. The van der Waals surface area contributed by atoms with Gasteiger partial charge in [-0.2, -0.15) is 0 Å². The van der Waals surface area contributed by atoms with Crippen molar-refractivity contribution in [2.45, 2.75) is 25.6 Å². The van der Waals surface area contributed by atoms with Crippen LogP contribution in [-0.4, -0.2) is 27.8 Å². The summed E-state index contributed by atoms with van der Waals surface area (Å²) in [6, 6.07) is 15.5. The van der Waals surface area contributed by atoms with Gasteiger partial charge in [-0.1, -0.05) is 29.8 Å². The number of thiazole rings is 1. The molecule has 3 rings (SSSR count). The van der Waals surface area contributed by atoms with E-state index in [0.717, 1.165) is 26.5 Å². The Morgan fingerprint density at radius 3 is 2.63 bits per heavy atom. The standard InChI is InChI=1S/C20H21N3O2S2/c1-13-7-9-15(10-8-13)22-18(24)12-26-14(2)20(25)21-11-19-23-16-5-3-4-6-17(16)27-19/h3-10,14H,11-12H2,1-2H3,(H,21,25)(H,22,24). The summed E-state index contributed by atoms with van der Waals surface area (Å²) in [7, 11) is 0. The summed E-state index contributed by atoms with van der Waals surface area (Å²) in [5.74, 6) is 0.0147. The Morgan fingerprint density at radius 2 is 1.89 bits per heavy atom. The minimum atomic E-state index is -0.317. The molecule has 5 nitrogen and oxygen atoms in total. The summed E-state index contributed by atoms with van der Waals surface area (Å²) in [5, 5.41) is 6.29. The van der Waals surface area contributed by atoms with Crippen LogP contribution in [0.1, 0.15) is 17.5 Å². The third-order valence-electron chi connectivity index (χ3n) is 3.92. The normalized spacial score (nSPS) is 11.9. The van der Waals surface area contributed by atoms with Gasteiger partial charge in [-0.3, -0.25) is 9.59 Å². The summed E-state index contributed by atoms with van der Waals surface area (Å²) < 4.78 is 1.11. The Kier molecular flexibility index (Phi) is 6.47. The van der Waals surface area contributed by atoms with Crippen LogP contribution < -0.4 is 10.6 Å². The molecule has 0 bridgehead atoms. The number of rotatable bonds is 7. The topological polar surface area (TPSA) is 71.1 Å². The van der Waals surface area contributed by atoms with Crippen molar-refractivity contribution >= 4 is 50.8 Å². The van der Waals surface area contributed by atoms with Crippen LogP contribution in [0.5, 0.6) is 0 Å². The number of benzene rings is 2. The van der Waals surface area contributed by atoms with E-state index in [2.05, 4.69) is 15.6 Å². The van der Waals surface area contributed by atoms with Crippen LogP contribution in [-0.2, 0) is 16.1 Å². The molecular formula is C20H21N3O2S2. The molecule has 0 spiro atoms. The number of nitrogens with one attached hydrogen (secondary N) is 2. The zero-order chi connectivity index (χ0) is 19.2. The largest absolute Gasteiger partial charge is 0.349 e. The van der Waals surface area contributed by atoms with Gasteiger partial charge in [-0.25, -0.2) is 4.98 Å². The third-order valence-corrected chi connectivity index (χ3v) is 6.10. The van der Waals surface area contributed by atoms with Crippen molar-refractivity contribution in [1.82, 2.24) is 10.3 Å². The average Bonchev–Trinajstić information content (AvgIpc) is 3.09. The molecule has 2 N–H and O–H groups in total. The van der Waals surface area contributed by atoms with E-state index in [0.29, 0.717) is 6.54 Å². The third kappa shape index (κ3) is 5.55. The summed E-state index contributed by atoms with van der Waals surface area (Å²) in [5.41, 5.74) is 2.85. The molecule has 0 aliphatic rings. The van der Waals surface area contributed by atoms with Gasteiger partial charge in [-0.15, -0.1) is 23.1 Å². The van der Waals surface area contributed by atoms with Gasteiger partial charge in [0.05, 0.1) is 27.8 Å². The maximum absolute atomic E-state index is 12.3. The minimum absolute atomic E-state index is 0.0950. The predicted octanol–water partition coefficient (Wildman–Crippen LogP) is 3.98. The zero-order valence-electron chi connectivity index (χ0n) is 15.2. The van der Waals surface area contributed by atoms with Gasteiger partial charge in [0.2, 0.25) is 11.8 Å². The fourth-order valence-corrected chi connectivity index (χ4v) is 4.03. The molecule has 1 unspecified atom stereocenters. The lowest BCUT2D eigenvalue weighted by molar-refractivity contribution is -0.120. The lowest BCUT2D eigenvalue weighted by Crippen LogP contribution is -2.31. The van der Waals surface area contributed by atoms with Crippen LogP contribution in [0.2, 0.25) is 0 Å². The molecule has 0 radical (unpaired) electrons. The Labute approximate surface area is 166 Å². The molecule has 140 valence electrons. The summed E-state index contributed by atoms with van der Waals surface area (Å²) in [6.45, 7) is 4.20. The van der Waals surface area contributed by atoms with E-state index in [9.17, 15) is 9.59 Å². The van der Waals surface area contributed by atoms with Crippen molar-refractivity contribution in [1.29, 1.82) is 0 Å². The number of aryl methyl sites for hydroxylation is 1. The maximum Gasteiger partial charge on any atom is 0.234 e. The second-order valence-corrected chi connectivity index (χ2v) is 8.60. The van der Waals surface area contributed by atoms with Crippen LogP contribution in [0, 0.1) is 6.92 Å². The van der Waals surface area contributed by atoms with Crippen LogP contribution in [0.15, 0.2) is 48.5 Å². The SMILES string of the molecule is Cc1ccc(NC(=O)CSC(C)C(=O)NCc2nc3ccccc3s2)cc1. The molecule has 27 heavy (non-hydrogen) atoms. The first-order chi connectivity index (χ1) is 13.0. The number of carbonyl (C=O) groups excluding carboxylic acids is 2. The molecule has 7 heteroatoms. The monoisotopic (exact) mass is 399 g/mol. The zero-order valence-corrected chi connectivity index (χ0v) is 16.8. The van der Waals surface area contributed by atoms with E-state index in [4.69, 9.17) is 0 Å². The second-order valence-electron chi connectivity index (χ2n) is 6.16. The number of nitrogens with zero attached hydrogens (tertiary/aromatic N) is 1. The van der Waals surface area contributed by atoms with Crippen molar-refractivity contribution < 1.29 is 9.59 Å². The number of hydrogen-bond donors (Lipinski definition) is 2. The molecule has 0 aliphatic heterocycles. The second kappa shape index (κ2) is 9.01. The van der Waals surface area contributed by atoms with Crippen molar-refractivity contribution in [3.63, 3.8) is 0 Å². The Morgan fingerprint density at radius 1 is 1.15 bits per heavy atom. The molecule has 2 amide bonds. The Balaban J connectivity index is 1.43. The first-order valence-corrected chi connectivity index (χ1v) is 10.5. The number of para-hydroxylation sites is 1. The van der Waals surface area contributed by atoms with Crippen molar-refractivity contribution in [2.75, 3.05) is 11.1 Å². The molecule has 1 aromatic heterocycles. The van der Waals surface area contributed by atoms with Gasteiger partial charge in [0, 0.05) is 5.69 Å². The molecule has 2 aromatic carbocycles. The number of hydrogen-bond acceptors (Lipinski definition) is 5. The molecule has 0 saturated carbocycles. The van der Waals surface area contributed by atoms with Gasteiger partial charge in [-0.05, 0) is 38.1 Å². The van der Waals surface area contributed by atoms with Gasteiger partial charge in [0.25, 0.3) is 0 Å². The molecule has 3 aromatic rings. The number of aromatic nitrogens is 1. The molecule has 0 fully saturated rings. The molecule has 1 atom stereocenters. The number of fused-ring (bicyclic) bond motifs is 1. The van der Waals surface area contributed by atoms with Crippen molar-refractivity contribution in [2.24, 2.45) is 0 Å². The maximum atomic E-state index is 12.3. The van der Waals surface area contributed by atoms with E-state index >= 15 is 0 Å². The summed E-state index contributed by atoms with van der Waals surface area (Å²) in [6.07, 6.45) is 0. The first kappa shape index (κ1) is 19.4. The number of thioether (sulfide) groups is 1. The fraction of sp³-hybridized carbons (Fsp3) is 0.250. The van der Waals surface area contributed by atoms with E-state index in [1.54, 1.807) is 18.3 Å². The quantitative estimate of drug-likeness (QED) is 0.630. The number of amides is 2. The van der Waals surface area contributed by atoms with Gasteiger partial charge >= 0.3 is 0 Å². The number of anilines is 1. The minimum Gasteiger partial charge on any atom is -0.349 e. The highest BCUT2D eigenvalue weighted by Crippen LogP contribution is 2.21.